The number of ether oxygens (including phenoxy) is 2. The summed E-state index contributed by atoms with van der Waals surface area (Å²) in [5.41, 5.74) is 1.34. The molecule has 0 aliphatic heterocycles. The minimum absolute atomic E-state index is 0.138. The summed E-state index contributed by atoms with van der Waals surface area (Å²) in [5.74, 6) is -1.67. The first kappa shape index (κ1) is 24.5. The van der Waals surface area contributed by atoms with Gasteiger partial charge in [-0.05, 0) is 30.7 Å². The van der Waals surface area contributed by atoms with Gasteiger partial charge >= 0.3 is 0 Å². The average Bonchev–Trinajstić information content (AvgIpc) is 2.74. The Balaban J connectivity index is 1.85. The Morgan fingerprint density at radius 3 is 2.52 bits per heavy atom. The molecule has 7 nitrogen and oxygen atoms in total. The fourth-order valence-corrected chi connectivity index (χ4v) is 3.84. The van der Waals surface area contributed by atoms with Gasteiger partial charge in [0.2, 0.25) is 15.9 Å². The molecule has 0 unspecified atom stereocenters. The summed E-state index contributed by atoms with van der Waals surface area (Å²) in [4.78, 5) is 16.4. The zero-order valence-electron chi connectivity index (χ0n) is 18.1. The molecule has 1 aromatic heterocycles. The molecule has 0 aliphatic rings. The van der Waals surface area contributed by atoms with Gasteiger partial charge in [0, 0.05) is 23.7 Å². The van der Waals surface area contributed by atoms with E-state index in [2.05, 4.69) is 4.98 Å². The zero-order chi connectivity index (χ0) is 24.2. The number of halogens is 2. The third-order valence-corrected chi connectivity index (χ3v) is 5.44. The predicted octanol–water partition coefficient (Wildman–Crippen LogP) is 4.25. The third kappa shape index (κ3) is 6.43. The van der Waals surface area contributed by atoms with Crippen molar-refractivity contribution in [1.82, 2.24) is 9.71 Å². The summed E-state index contributed by atoms with van der Waals surface area (Å²) in [6.45, 7) is 1.90. The fraction of sp³-hybridized carbons (Fsp3) is 0.217. The molecule has 0 saturated heterocycles. The number of rotatable bonds is 8. The van der Waals surface area contributed by atoms with E-state index in [1.165, 1.54) is 13.3 Å². The van der Waals surface area contributed by atoms with Crippen LogP contribution in [0.3, 0.4) is 0 Å². The number of amides is 1. The van der Waals surface area contributed by atoms with Crippen LogP contribution in [0.5, 0.6) is 11.6 Å². The average molecular weight is 493 g/mol. The van der Waals surface area contributed by atoms with Gasteiger partial charge in [0.1, 0.15) is 22.7 Å². The standard InChI is InChI=1S/C23H22ClFN2O5S/c1-14(9-15-7-5-4-6-8-15)32-23-19(24)10-16(13-26-23)17-11-20(25)18(12-21(17)31-2)22(28)27-33(3,29)30/h4-8,10-14H,9H2,1-3H3,(H,27,28)/t14-/m1/s1. The first-order chi connectivity index (χ1) is 15.6. The summed E-state index contributed by atoms with van der Waals surface area (Å²) >= 11 is 6.36. The second-order valence-electron chi connectivity index (χ2n) is 7.36. The SMILES string of the molecule is COc1cc(C(=O)NS(C)(=O)=O)c(F)cc1-c1cnc(O[C@H](C)Cc2ccccc2)c(Cl)c1. The predicted molar refractivity (Wildman–Crippen MR) is 124 cm³/mol. The number of carbonyl (C=O) groups excluding carboxylic acids is 1. The number of nitrogens with zero attached hydrogens (tertiary/aromatic N) is 1. The summed E-state index contributed by atoms with van der Waals surface area (Å²) < 4.78 is 50.1. The van der Waals surface area contributed by atoms with Crippen molar-refractivity contribution in [3.05, 3.63) is 76.7 Å². The highest BCUT2D eigenvalue weighted by Crippen LogP contribution is 2.35. The molecule has 33 heavy (non-hydrogen) atoms. The van der Waals surface area contributed by atoms with E-state index in [1.54, 1.807) is 10.8 Å². The zero-order valence-corrected chi connectivity index (χ0v) is 19.7. The summed E-state index contributed by atoms with van der Waals surface area (Å²) in [6, 6.07) is 13.6. The second kappa shape index (κ2) is 10.2. The van der Waals surface area contributed by atoms with Crippen molar-refractivity contribution >= 4 is 27.5 Å². The van der Waals surface area contributed by atoms with Crippen LogP contribution in [0.15, 0.2) is 54.7 Å². The van der Waals surface area contributed by atoms with Crippen LogP contribution in [0, 0.1) is 5.82 Å². The highest BCUT2D eigenvalue weighted by Gasteiger charge is 2.21. The van der Waals surface area contributed by atoms with Crippen LogP contribution in [0.4, 0.5) is 4.39 Å². The lowest BCUT2D eigenvalue weighted by Crippen LogP contribution is -2.30. The van der Waals surface area contributed by atoms with Gasteiger partial charge in [0.25, 0.3) is 5.91 Å². The van der Waals surface area contributed by atoms with Crippen molar-refractivity contribution < 1.29 is 27.1 Å². The monoisotopic (exact) mass is 492 g/mol. The van der Waals surface area contributed by atoms with Crippen molar-refractivity contribution in [1.29, 1.82) is 0 Å². The number of hydrogen-bond donors (Lipinski definition) is 1. The number of carbonyl (C=O) groups is 1. The number of aromatic nitrogens is 1. The van der Waals surface area contributed by atoms with Gasteiger partial charge in [-0.3, -0.25) is 4.79 Å². The Bertz CT molecular complexity index is 1270. The highest BCUT2D eigenvalue weighted by atomic mass is 35.5. The largest absolute Gasteiger partial charge is 0.496 e. The summed E-state index contributed by atoms with van der Waals surface area (Å²) in [7, 11) is -2.52. The molecule has 0 saturated carbocycles. The summed E-state index contributed by atoms with van der Waals surface area (Å²) in [5, 5.41) is 0.216. The molecule has 0 radical (unpaired) electrons. The van der Waals surface area contributed by atoms with Gasteiger partial charge < -0.3 is 9.47 Å². The Labute approximate surface area is 196 Å². The quantitative estimate of drug-likeness (QED) is 0.505. The molecule has 0 fully saturated rings. The molecule has 1 heterocycles. The molecule has 174 valence electrons. The van der Waals surface area contributed by atoms with Crippen LogP contribution < -0.4 is 14.2 Å². The first-order valence-electron chi connectivity index (χ1n) is 9.83. The normalized spacial score (nSPS) is 12.2. The Morgan fingerprint density at radius 2 is 1.91 bits per heavy atom. The maximum atomic E-state index is 14.6. The molecular formula is C23H22ClFN2O5S. The molecule has 1 atom stereocenters. The van der Waals surface area contributed by atoms with Gasteiger partial charge in [-0.25, -0.2) is 22.5 Å². The minimum Gasteiger partial charge on any atom is -0.496 e. The van der Waals surface area contributed by atoms with Crippen LogP contribution in [0.25, 0.3) is 11.1 Å². The fourth-order valence-electron chi connectivity index (χ4n) is 3.18. The highest BCUT2D eigenvalue weighted by molar-refractivity contribution is 7.89. The Kier molecular flexibility index (Phi) is 7.55. The number of sulfonamides is 1. The molecule has 10 heteroatoms. The van der Waals surface area contributed by atoms with Gasteiger partial charge in [-0.2, -0.15) is 0 Å². The van der Waals surface area contributed by atoms with E-state index in [0.717, 1.165) is 24.0 Å². The first-order valence-corrected chi connectivity index (χ1v) is 12.1. The minimum atomic E-state index is -3.86. The lowest BCUT2D eigenvalue weighted by molar-refractivity contribution is 0.0977. The molecule has 3 aromatic rings. The molecule has 1 N–H and O–H groups in total. The van der Waals surface area contributed by atoms with E-state index in [4.69, 9.17) is 21.1 Å². The van der Waals surface area contributed by atoms with E-state index in [0.29, 0.717) is 12.0 Å². The van der Waals surface area contributed by atoms with E-state index in [9.17, 15) is 17.6 Å². The topological polar surface area (TPSA) is 94.6 Å². The van der Waals surface area contributed by atoms with E-state index in [-0.39, 0.29) is 28.3 Å². The third-order valence-electron chi connectivity index (χ3n) is 4.61. The van der Waals surface area contributed by atoms with E-state index >= 15 is 0 Å². The number of methoxy groups -OCH3 is 1. The molecule has 2 aromatic carbocycles. The number of hydrogen-bond acceptors (Lipinski definition) is 6. The van der Waals surface area contributed by atoms with Gasteiger partial charge in [0.15, 0.2) is 0 Å². The number of nitrogens with one attached hydrogen (secondary N) is 1. The Morgan fingerprint density at radius 1 is 1.21 bits per heavy atom. The smallest absolute Gasteiger partial charge is 0.267 e. The van der Waals surface area contributed by atoms with Crippen LogP contribution in [0.2, 0.25) is 5.02 Å². The van der Waals surface area contributed by atoms with Crippen LogP contribution in [-0.4, -0.2) is 38.8 Å². The molecule has 1 amide bonds. The maximum Gasteiger partial charge on any atom is 0.267 e. The van der Waals surface area contributed by atoms with Crippen molar-refractivity contribution in [3.63, 3.8) is 0 Å². The lowest BCUT2D eigenvalue weighted by atomic mass is 10.0. The van der Waals surface area contributed by atoms with Gasteiger partial charge in [-0.1, -0.05) is 41.9 Å². The van der Waals surface area contributed by atoms with Crippen LogP contribution in [0.1, 0.15) is 22.8 Å². The van der Waals surface area contributed by atoms with Crippen LogP contribution >= 0.6 is 11.6 Å². The summed E-state index contributed by atoms with van der Waals surface area (Å²) in [6.07, 6.45) is 2.72. The number of pyridine rings is 1. The number of benzene rings is 2. The van der Waals surface area contributed by atoms with E-state index in [1.807, 2.05) is 37.3 Å². The molecule has 0 spiro atoms. The molecule has 0 bridgehead atoms. The van der Waals surface area contributed by atoms with Gasteiger partial charge in [0.05, 0.1) is 18.9 Å². The molecule has 3 rings (SSSR count). The van der Waals surface area contributed by atoms with Crippen molar-refractivity contribution in [2.24, 2.45) is 0 Å². The van der Waals surface area contributed by atoms with Crippen molar-refractivity contribution in [3.8, 4) is 22.8 Å². The Hall–Kier alpha value is -3.17. The lowest BCUT2D eigenvalue weighted by Gasteiger charge is -2.16. The molecular weight excluding hydrogens is 471 g/mol. The van der Waals surface area contributed by atoms with Crippen molar-refractivity contribution in [2.45, 2.75) is 19.4 Å². The molecule has 0 aliphatic carbocycles. The van der Waals surface area contributed by atoms with Crippen LogP contribution in [-0.2, 0) is 16.4 Å². The van der Waals surface area contributed by atoms with Gasteiger partial charge in [-0.15, -0.1) is 0 Å². The van der Waals surface area contributed by atoms with Crippen molar-refractivity contribution in [2.75, 3.05) is 13.4 Å². The second-order valence-corrected chi connectivity index (χ2v) is 9.52. The van der Waals surface area contributed by atoms with E-state index < -0.39 is 27.3 Å². The maximum absolute atomic E-state index is 14.6.